The van der Waals surface area contributed by atoms with Gasteiger partial charge in [0.1, 0.15) is 5.82 Å². The highest BCUT2D eigenvalue weighted by atomic mass is 35.5. The fraction of sp³-hybridized carbons (Fsp3) is 0.500. The van der Waals surface area contributed by atoms with E-state index in [0.29, 0.717) is 19.0 Å². The maximum absolute atomic E-state index is 13.4. The number of sulfonamides is 1. The van der Waals surface area contributed by atoms with Crippen LogP contribution in [0.4, 0.5) is 10.1 Å². The SMILES string of the molecule is O=S(=O)(CCCNC1CC1)Nc1cc(Cl)ccc1F. The zero-order chi connectivity index (χ0) is 13.9. The molecule has 1 fully saturated rings. The Labute approximate surface area is 117 Å². The molecule has 0 aliphatic heterocycles. The molecule has 2 N–H and O–H groups in total. The van der Waals surface area contributed by atoms with Gasteiger partial charge in [-0.2, -0.15) is 0 Å². The molecule has 1 aliphatic rings. The van der Waals surface area contributed by atoms with Crippen molar-refractivity contribution in [3.05, 3.63) is 29.0 Å². The summed E-state index contributed by atoms with van der Waals surface area (Å²) in [6, 6.07) is 4.32. The van der Waals surface area contributed by atoms with Gasteiger partial charge >= 0.3 is 0 Å². The van der Waals surface area contributed by atoms with Crippen LogP contribution in [-0.2, 0) is 10.0 Å². The smallest absolute Gasteiger partial charge is 0.232 e. The van der Waals surface area contributed by atoms with Crippen LogP contribution in [0.15, 0.2) is 18.2 Å². The summed E-state index contributed by atoms with van der Waals surface area (Å²) >= 11 is 5.70. The summed E-state index contributed by atoms with van der Waals surface area (Å²) in [6.07, 6.45) is 2.82. The number of halogens is 2. The Kier molecular flexibility index (Phi) is 4.65. The van der Waals surface area contributed by atoms with Gasteiger partial charge in [-0.05, 0) is 44.0 Å². The molecule has 0 heterocycles. The van der Waals surface area contributed by atoms with Crippen LogP contribution >= 0.6 is 11.6 Å². The van der Waals surface area contributed by atoms with Crippen molar-refractivity contribution in [2.45, 2.75) is 25.3 Å². The number of rotatable bonds is 7. The molecule has 2 rings (SSSR count). The van der Waals surface area contributed by atoms with E-state index in [2.05, 4.69) is 10.0 Å². The van der Waals surface area contributed by atoms with Gasteiger partial charge in [-0.1, -0.05) is 11.6 Å². The van der Waals surface area contributed by atoms with E-state index < -0.39 is 15.8 Å². The lowest BCUT2D eigenvalue weighted by Crippen LogP contribution is -2.23. The Balaban J connectivity index is 1.86. The van der Waals surface area contributed by atoms with Gasteiger partial charge in [-0.15, -0.1) is 0 Å². The first kappa shape index (κ1) is 14.6. The van der Waals surface area contributed by atoms with Gasteiger partial charge in [0, 0.05) is 11.1 Å². The van der Waals surface area contributed by atoms with Crippen molar-refractivity contribution < 1.29 is 12.8 Å². The molecule has 4 nitrogen and oxygen atoms in total. The van der Waals surface area contributed by atoms with Gasteiger partial charge in [-0.25, -0.2) is 12.8 Å². The molecule has 7 heteroatoms. The highest BCUT2D eigenvalue weighted by molar-refractivity contribution is 7.92. The summed E-state index contributed by atoms with van der Waals surface area (Å²) in [5.74, 6) is -0.678. The Morgan fingerprint density at radius 1 is 1.37 bits per heavy atom. The van der Waals surface area contributed by atoms with E-state index in [0.717, 1.165) is 6.07 Å². The largest absolute Gasteiger partial charge is 0.314 e. The van der Waals surface area contributed by atoms with Crippen molar-refractivity contribution in [3.8, 4) is 0 Å². The first-order valence-electron chi connectivity index (χ1n) is 6.15. The lowest BCUT2D eigenvalue weighted by atomic mass is 10.3. The van der Waals surface area contributed by atoms with Gasteiger partial charge in [0.05, 0.1) is 11.4 Å². The molecular formula is C12H16ClFN2O2S. The minimum absolute atomic E-state index is 0.0430. The van der Waals surface area contributed by atoms with Crippen LogP contribution in [0, 0.1) is 5.82 Å². The molecule has 106 valence electrons. The van der Waals surface area contributed by atoms with Crippen LogP contribution in [0.1, 0.15) is 19.3 Å². The minimum atomic E-state index is -3.54. The van der Waals surface area contributed by atoms with Crippen LogP contribution in [0.2, 0.25) is 5.02 Å². The molecule has 1 aromatic rings. The Morgan fingerprint density at radius 3 is 2.79 bits per heavy atom. The molecule has 0 unspecified atom stereocenters. The zero-order valence-corrected chi connectivity index (χ0v) is 11.9. The van der Waals surface area contributed by atoms with Crippen molar-refractivity contribution in [1.29, 1.82) is 0 Å². The third-order valence-corrected chi connectivity index (χ3v) is 4.39. The monoisotopic (exact) mass is 306 g/mol. The molecule has 0 aromatic heterocycles. The van der Waals surface area contributed by atoms with Crippen molar-refractivity contribution in [2.75, 3.05) is 17.0 Å². The van der Waals surface area contributed by atoms with Crippen LogP contribution < -0.4 is 10.0 Å². The van der Waals surface area contributed by atoms with Crippen LogP contribution in [0.5, 0.6) is 0 Å². The fourth-order valence-electron chi connectivity index (χ4n) is 1.65. The molecule has 19 heavy (non-hydrogen) atoms. The molecule has 1 saturated carbocycles. The standard InChI is InChI=1S/C12H16ClFN2O2S/c13-9-2-5-11(14)12(8-9)16-19(17,18)7-1-6-15-10-3-4-10/h2,5,8,10,15-16H,1,3-4,6-7H2. The first-order valence-corrected chi connectivity index (χ1v) is 8.18. The van der Waals surface area contributed by atoms with Gasteiger partial charge in [-0.3, -0.25) is 4.72 Å². The summed E-state index contributed by atoms with van der Waals surface area (Å²) in [7, 11) is -3.54. The summed E-state index contributed by atoms with van der Waals surface area (Å²) in [4.78, 5) is 0. The molecule has 0 spiro atoms. The van der Waals surface area contributed by atoms with E-state index >= 15 is 0 Å². The predicted octanol–water partition coefficient (Wildman–Crippen LogP) is 2.36. The molecule has 0 saturated heterocycles. The van der Waals surface area contributed by atoms with Gasteiger partial charge < -0.3 is 5.32 Å². The third kappa shape index (κ3) is 4.97. The second kappa shape index (κ2) is 6.07. The number of benzene rings is 1. The zero-order valence-electron chi connectivity index (χ0n) is 10.3. The summed E-state index contributed by atoms with van der Waals surface area (Å²) in [6.45, 7) is 0.656. The highest BCUT2D eigenvalue weighted by Crippen LogP contribution is 2.21. The lowest BCUT2D eigenvalue weighted by Gasteiger charge is -2.09. The van der Waals surface area contributed by atoms with Gasteiger partial charge in [0.15, 0.2) is 0 Å². The third-order valence-electron chi connectivity index (χ3n) is 2.79. The maximum atomic E-state index is 13.4. The number of anilines is 1. The molecule has 1 aromatic carbocycles. The average Bonchev–Trinajstić information content (AvgIpc) is 3.13. The van der Waals surface area contributed by atoms with E-state index in [-0.39, 0.29) is 16.5 Å². The van der Waals surface area contributed by atoms with E-state index in [1.165, 1.54) is 25.0 Å². The molecule has 0 radical (unpaired) electrons. The van der Waals surface area contributed by atoms with E-state index in [4.69, 9.17) is 11.6 Å². The maximum Gasteiger partial charge on any atom is 0.232 e. The second-order valence-electron chi connectivity index (χ2n) is 4.63. The predicted molar refractivity (Wildman–Crippen MR) is 74.5 cm³/mol. The summed E-state index contributed by atoms with van der Waals surface area (Å²) in [5, 5.41) is 3.51. The van der Waals surface area contributed by atoms with Crippen LogP contribution in [0.3, 0.4) is 0 Å². The topological polar surface area (TPSA) is 58.2 Å². The number of hydrogen-bond donors (Lipinski definition) is 2. The second-order valence-corrected chi connectivity index (χ2v) is 6.91. The summed E-state index contributed by atoms with van der Waals surface area (Å²) < 4.78 is 39.2. The van der Waals surface area contributed by atoms with Crippen LogP contribution in [-0.4, -0.2) is 26.8 Å². The number of nitrogens with one attached hydrogen (secondary N) is 2. The number of hydrogen-bond acceptors (Lipinski definition) is 3. The van der Waals surface area contributed by atoms with Gasteiger partial charge in [0.25, 0.3) is 0 Å². The highest BCUT2D eigenvalue weighted by Gasteiger charge is 2.20. The minimum Gasteiger partial charge on any atom is -0.314 e. The average molecular weight is 307 g/mol. The lowest BCUT2D eigenvalue weighted by molar-refractivity contribution is 0.591. The molecule has 1 aliphatic carbocycles. The van der Waals surface area contributed by atoms with Crippen LogP contribution in [0.25, 0.3) is 0 Å². The normalized spacial score (nSPS) is 15.5. The molecule has 0 amide bonds. The fourth-order valence-corrected chi connectivity index (χ4v) is 2.94. The Hall–Kier alpha value is -0.850. The first-order chi connectivity index (χ1) is 8.96. The molecular weight excluding hydrogens is 291 g/mol. The Morgan fingerprint density at radius 2 is 2.11 bits per heavy atom. The summed E-state index contributed by atoms with van der Waals surface area (Å²) in [5.41, 5.74) is -0.109. The van der Waals surface area contributed by atoms with Crippen molar-refractivity contribution in [2.24, 2.45) is 0 Å². The Bertz CT molecular complexity index is 547. The molecule has 0 atom stereocenters. The van der Waals surface area contributed by atoms with Gasteiger partial charge in [0.2, 0.25) is 10.0 Å². The van der Waals surface area contributed by atoms with Crippen molar-refractivity contribution >= 4 is 27.3 Å². The quantitative estimate of drug-likeness (QED) is 0.760. The van der Waals surface area contributed by atoms with E-state index in [1.807, 2.05) is 0 Å². The van der Waals surface area contributed by atoms with Crippen molar-refractivity contribution in [3.63, 3.8) is 0 Å². The molecule has 0 bridgehead atoms. The van der Waals surface area contributed by atoms with Crippen molar-refractivity contribution in [1.82, 2.24) is 5.32 Å². The van der Waals surface area contributed by atoms with E-state index in [9.17, 15) is 12.8 Å². The van der Waals surface area contributed by atoms with E-state index in [1.54, 1.807) is 0 Å².